The Morgan fingerprint density at radius 1 is 1.19 bits per heavy atom. The van der Waals surface area contributed by atoms with Gasteiger partial charge in [0.05, 0.1) is 11.2 Å². The van der Waals surface area contributed by atoms with Crippen molar-refractivity contribution in [1.82, 2.24) is 23.9 Å². The van der Waals surface area contributed by atoms with E-state index in [1.807, 2.05) is 42.2 Å². The molecule has 158 valence electrons. The van der Waals surface area contributed by atoms with E-state index in [1.54, 1.807) is 10.6 Å². The van der Waals surface area contributed by atoms with Gasteiger partial charge in [-0.3, -0.25) is 0 Å². The molecule has 3 N–H and O–H groups in total. The molecular formula is C22H20BrFN6O. The summed E-state index contributed by atoms with van der Waals surface area (Å²) in [5.41, 5.74) is 8.58. The Balaban J connectivity index is 1.80. The van der Waals surface area contributed by atoms with Crippen molar-refractivity contribution in [1.29, 1.82) is 0 Å². The smallest absolute Gasteiger partial charge is 0.348 e. The Morgan fingerprint density at radius 2 is 2.03 bits per heavy atom. The summed E-state index contributed by atoms with van der Waals surface area (Å²) in [6.07, 6.45) is 4.61. The Morgan fingerprint density at radius 3 is 2.84 bits per heavy atom. The lowest BCUT2D eigenvalue weighted by Gasteiger charge is -2.04. The number of nitrogens with one attached hydrogen (secondary N) is 1. The zero-order chi connectivity index (χ0) is 21.7. The Hall–Kier alpha value is -3.17. The van der Waals surface area contributed by atoms with Gasteiger partial charge >= 0.3 is 5.69 Å². The van der Waals surface area contributed by atoms with Crippen molar-refractivity contribution in [3.05, 3.63) is 69.6 Å². The average Bonchev–Trinajstić information content (AvgIpc) is 3.40. The molecule has 7 nitrogen and oxygen atoms in total. The topological polar surface area (TPSA) is 86.6 Å². The highest BCUT2D eigenvalue weighted by atomic mass is 79.9. The van der Waals surface area contributed by atoms with E-state index in [-0.39, 0.29) is 11.5 Å². The number of nitrogens with zero attached hydrogens (tertiary/aromatic N) is 4. The number of benzene rings is 2. The van der Waals surface area contributed by atoms with Crippen LogP contribution in [0.4, 0.5) is 4.39 Å². The number of hydrogen-bond donors (Lipinski definition) is 2. The van der Waals surface area contributed by atoms with Crippen LogP contribution < -0.4 is 11.4 Å². The van der Waals surface area contributed by atoms with Crippen LogP contribution in [-0.2, 0) is 13.6 Å². The van der Waals surface area contributed by atoms with Crippen molar-refractivity contribution in [3.8, 4) is 17.1 Å². The molecule has 0 unspecified atom stereocenters. The molecule has 0 atom stereocenters. The van der Waals surface area contributed by atoms with Gasteiger partial charge in [0.1, 0.15) is 5.82 Å². The molecule has 3 heterocycles. The molecule has 0 radical (unpaired) electrons. The molecule has 5 aromatic rings. The molecule has 3 aromatic heterocycles. The quantitative estimate of drug-likeness (QED) is 0.397. The van der Waals surface area contributed by atoms with Crippen LogP contribution in [0.3, 0.4) is 0 Å². The average molecular weight is 483 g/mol. The predicted octanol–water partition coefficient (Wildman–Crippen LogP) is 3.92. The summed E-state index contributed by atoms with van der Waals surface area (Å²) in [6.45, 7) is 1.29. The van der Waals surface area contributed by atoms with Crippen LogP contribution in [0, 0.1) is 5.82 Å². The lowest BCUT2D eigenvalue weighted by atomic mass is 10.1. The molecule has 0 amide bonds. The maximum absolute atomic E-state index is 14.0. The molecule has 0 bridgehead atoms. The lowest BCUT2D eigenvalue weighted by Crippen LogP contribution is -2.15. The summed E-state index contributed by atoms with van der Waals surface area (Å²) >= 11 is 3.63. The molecule has 9 heteroatoms. The maximum atomic E-state index is 14.0. The zero-order valence-electron chi connectivity index (χ0n) is 16.8. The fourth-order valence-electron chi connectivity index (χ4n) is 4.16. The van der Waals surface area contributed by atoms with E-state index in [0.717, 1.165) is 33.9 Å². The van der Waals surface area contributed by atoms with Gasteiger partial charge in [0.15, 0.2) is 5.82 Å². The van der Waals surface area contributed by atoms with Gasteiger partial charge in [-0.05, 0) is 53.2 Å². The van der Waals surface area contributed by atoms with Crippen LogP contribution in [0.25, 0.3) is 38.9 Å². The number of rotatable bonds is 5. The third-order valence-corrected chi connectivity index (χ3v) is 6.18. The summed E-state index contributed by atoms with van der Waals surface area (Å²) in [4.78, 5) is 12.9. The fraction of sp³-hybridized carbons (Fsp3) is 0.182. The molecule has 2 aromatic carbocycles. The van der Waals surface area contributed by atoms with Crippen LogP contribution in [0.5, 0.6) is 0 Å². The van der Waals surface area contributed by atoms with Crippen LogP contribution in [0.2, 0.25) is 0 Å². The van der Waals surface area contributed by atoms with E-state index in [0.29, 0.717) is 29.0 Å². The lowest BCUT2D eigenvalue weighted by molar-refractivity contribution is 0.629. The minimum Gasteiger partial charge on any atom is -0.350 e. The van der Waals surface area contributed by atoms with Crippen LogP contribution in [0.1, 0.15) is 6.42 Å². The predicted molar refractivity (Wildman–Crippen MR) is 123 cm³/mol. The number of nitrogens with two attached hydrogens (primary N) is 1. The van der Waals surface area contributed by atoms with Crippen molar-refractivity contribution in [2.75, 3.05) is 6.54 Å². The van der Waals surface area contributed by atoms with E-state index in [1.165, 1.54) is 12.1 Å². The standard InChI is InChI=1S/C22H20BrFN6O/c1-28-11-16(15-10-13(24)6-7-18(15)28)21-26-27-22(31)30(21)19-12-29(9-3-8-25)20-14(19)4-2-5-17(20)23/h2,4-7,10-12H,3,8-9,25H2,1H3,(H,27,31). The number of aromatic amines is 1. The summed E-state index contributed by atoms with van der Waals surface area (Å²) in [5.74, 6) is 0.0887. The molecule has 0 aliphatic carbocycles. The normalized spacial score (nSPS) is 11.7. The number of aromatic nitrogens is 5. The Kier molecular flexibility index (Phi) is 4.79. The second-order valence-electron chi connectivity index (χ2n) is 7.49. The van der Waals surface area contributed by atoms with E-state index in [2.05, 4.69) is 30.7 Å². The van der Waals surface area contributed by atoms with Crippen LogP contribution in [-0.4, -0.2) is 30.4 Å². The van der Waals surface area contributed by atoms with Gasteiger partial charge in [0, 0.05) is 52.3 Å². The molecular weight excluding hydrogens is 463 g/mol. The van der Waals surface area contributed by atoms with Gasteiger partial charge in [-0.15, -0.1) is 0 Å². The van der Waals surface area contributed by atoms with Gasteiger partial charge in [-0.1, -0.05) is 12.1 Å². The summed E-state index contributed by atoms with van der Waals surface area (Å²) in [7, 11) is 1.88. The molecule has 0 aliphatic heterocycles. The highest BCUT2D eigenvalue weighted by Gasteiger charge is 2.21. The number of aryl methyl sites for hydroxylation is 2. The van der Waals surface area contributed by atoms with E-state index < -0.39 is 0 Å². The van der Waals surface area contributed by atoms with E-state index in [4.69, 9.17) is 5.73 Å². The maximum Gasteiger partial charge on any atom is 0.348 e. The van der Waals surface area contributed by atoms with Gasteiger partial charge in [0.2, 0.25) is 0 Å². The minimum absolute atomic E-state index is 0.341. The highest BCUT2D eigenvalue weighted by molar-refractivity contribution is 9.10. The number of H-pyrrole nitrogens is 1. The van der Waals surface area contributed by atoms with Crippen molar-refractivity contribution >= 4 is 37.7 Å². The first kappa shape index (κ1) is 19.8. The third kappa shape index (κ3) is 3.12. The molecule has 31 heavy (non-hydrogen) atoms. The van der Waals surface area contributed by atoms with Crippen molar-refractivity contribution < 1.29 is 4.39 Å². The van der Waals surface area contributed by atoms with Gasteiger partial charge < -0.3 is 14.9 Å². The first-order valence-corrected chi connectivity index (χ1v) is 10.7. The minimum atomic E-state index is -0.360. The number of para-hydroxylation sites is 1. The number of fused-ring (bicyclic) bond motifs is 2. The van der Waals surface area contributed by atoms with Gasteiger partial charge in [0.25, 0.3) is 0 Å². The second-order valence-corrected chi connectivity index (χ2v) is 8.34. The fourth-order valence-corrected chi connectivity index (χ4v) is 4.75. The Bertz CT molecular complexity index is 1490. The molecule has 0 fully saturated rings. The van der Waals surface area contributed by atoms with E-state index in [9.17, 15) is 9.18 Å². The monoisotopic (exact) mass is 482 g/mol. The molecule has 0 saturated heterocycles. The molecule has 0 spiro atoms. The first-order chi connectivity index (χ1) is 15.0. The molecule has 5 rings (SSSR count). The van der Waals surface area contributed by atoms with Crippen molar-refractivity contribution in [3.63, 3.8) is 0 Å². The van der Waals surface area contributed by atoms with Crippen molar-refractivity contribution in [2.45, 2.75) is 13.0 Å². The van der Waals surface area contributed by atoms with E-state index >= 15 is 0 Å². The Labute approximate surface area is 185 Å². The largest absolute Gasteiger partial charge is 0.350 e. The van der Waals surface area contributed by atoms with Gasteiger partial charge in [-0.2, -0.15) is 5.10 Å². The highest BCUT2D eigenvalue weighted by Crippen LogP contribution is 2.34. The number of hydrogen-bond acceptors (Lipinski definition) is 3. The summed E-state index contributed by atoms with van der Waals surface area (Å²) in [5, 5.41) is 8.47. The van der Waals surface area contributed by atoms with Crippen LogP contribution >= 0.6 is 15.9 Å². The first-order valence-electron chi connectivity index (χ1n) is 9.89. The molecule has 0 aliphatic rings. The second kappa shape index (κ2) is 7.51. The number of halogens is 2. The third-order valence-electron chi connectivity index (χ3n) is 5.54. The van der Waals surface area contributed by atoms with Crippen molar-refractivity contribution in [2.24, 2.45) is 12.8 Å². The summed E-state index contributed by atoms with van der Waals surface area (Å²) in [6, 6.07) is 10.5. The molecule has 0 saturated carbocycles. The van der Waals surface area contributed by atoms with Crippen LogP contribution in [0.15, 0.2) is 58.1 Å². The van der Waals surface area contributed by atoms with Gasteiger partial charge in [-0.25, -0.2) is 18.9 Å². The summed E-state index contributed by atoms with van der Waals surface area (Å²) < 4.78 is 20.5. The zero-order valence-corrected chi connectivity index (χ0v) is 18.4. The SMILES string of the molecule is Cn1cc(-c2n[nH]c(=O)n2-c2cn(CCCN)c3c(Br)cccc23)c2cc(F)ccc21.